The van der Waals surface area contributed by atoms with E-state index in [1.54, 1.807) is 0 Å². The summed E-state index contributed by atoms with van der Waals surface area (Å²) in [7, 11) is 0. The summed E-state index contributed by atoms with van der Waals surface area (Å²) in [5, 5.41) is 33.5. The van der Waals surface area contributed by atoms with Crippen LogP contribution in [-0.2, 0) is 57.5 Å². The highest BCUT2D eigenvalue weighted by atomic mass is 16.4. The number of rotatable bonds is 57. The maximum atomic E-state index is 14.7. The minimum Gasteiger partial charge on any atom is -0.480 e. The van der Waals surface area contributed by atoms with Gasteiger partial charge in [0.2, 0.25) is 65.0 Å². The molecule has 0 radical (unpaired) electrons. The third-order valence-electron chi connectivity index (χ3n) is 15.0. The molecule has 95 heavy (non-hydrogen) atoms. The Hall–Kier alpha value is -8.10. The lowest BCUT2D eigenvalue weighted by Crippen LogP contribution is -2.60. The van der Waals surface area contributed by atoms with Gasteiger partial charge in [-0.25, -0.2) is 4.79 Å². The van der Waals surface area contributed by atoms with E-state index in [9.17, 15) is 62.6 Å². The lowest BCUT2D eigenvalue weighted by atomic mass is 10.0. The Morgan fingerprint density at radius 2 is 0.474 bits per heavy atom. The van der Waals surface area contributed by atoms with Crippen molar-refractivity contribution in [2.24, 2.45) is 84.5 Å². The van der Waals surface area contributed by atoms with Gasteiger partial charge in [-0.2, -0.15) is 0 Å². The first-order chi connectivity index (χ1) is 45.2. The molecular weight excluding hydrogens is 1240 g/mol. The fourth-order valence-electron chi connectivity index (χ4n) is 9.54. The van der Waals surface area contributed by atoms with Crippen molar-refractivity contribution in [2.75, 3.05) is 52.4 Å². The highest BCUT2D eigenvalue weighted by Crippen LogP contribution is 2.13. The molecule has 0 aliphatic carbocycles. The van der Waals surface area contributed by atoms with Crippen LogP contribution in [0.15, 0.2) is 9.98 Å². The molecule has 0 saturated heterocycles. The number of aliphatic imine (C=N–C) groups is 2. The number of unbranched alkanes of at least 4 members (excludes halogenated alkanes) is 6. The second-order valence-electron chi connectivity index (χ2n) is 23.1. The van der Waals surface area contributed by atoms with Gasteiger partial charge < -0.3 is 127 Å². The second-order valence-corrected chi connectivity index (χ2v) is 23.1. The zero-order chi connectivity index (χ0) is 71.7. The number of guanidine groups is 2. The lowest BCUT2D eigenvalue weighted by molar-refractivity contribution is -0.142. The van der Waals surface area contributed by atoms with E-state index < -0.39 is 131 Å². The van der Waals surface area contributed by atoms with Gasteiger partial charge in [0.25, 0.3) is 0 Å². The fraction of sp³-hybridized carbons (Fsp3) is 0.759. The first kappa shape index (κ1) is 86.9. The van der Waals surface area contributed by atoms with E-state index in [4.69, 9.17) is 74.5 Å². The van der Waals surface area contributed by atoms with E-state index in [0.29, 0.717) is 57.8 Å². The Morgan fingerprint density at radius 1 is 0.274 bits per heavy atom. The highest BCUT2D eigenvalue weighted by Gasteiger charge is 2.36. The van der Waals surface area contributed by atoms with Gasteiger partial charge in [-0.05, 0) is 193 Å². The molecule has 0 rings (SSSR count). The zero-order valence-electron chi connectivity index (χ0n) is 55.1. The van der Waals surface area contributed by atoms with E-state index in [-0.39, 0.29) is 173 Å². The fourth-order valence-corrected chi connectivity index (χ4v) is 9.54. The minimum atomic E-state index is -1.49. The number of nitrogens with two attached hydrogens (primary N) is 13. The monoisotopic (exact) mass is 1350 g/mol. The van der Waals surface area contributed by atoms with Crippen molar-refractivity contribution in [1.29, 1.82) is 0 Å². The van der Waals surface area contributed by atoms with Crippen molar-refractivity contribution in [1.82, 2.24) is 47.9 Å². The molecule has 0 spiro atoms. The summed E-state index contributed by atoms with van der Waals surface area (Å²) in [6.07, 6.45) is 3.30. The number of nitrogens with zero attached hydrogens (tertiary/aromatic N) is 2. The number of carbonyl (C=O) groups excluding carboxylic acids is 11. The van der Waals surface area contributed by atoms with Gasteiger partial charge in [0.05, 0.1) is 6.04 Å². The van der Waals surface area contributed by atoms with Crippen LogP contribution in [0.3, 0.4) is 0 Å². The van der Waals surface area contributed by atoms with E-state index in [2.05, 4.69) is 57.8 Å². The molecule has 544 valence electrons. The Kier molecular flexibility index (Phi) is 47.8. The molecule has 0 aromatic heterocycles. The molecule has 0 bridgehead atoms. The van der Waals surface area contributed by atoms with Crippen LogP contribution < -0.4 is 122 Å². The summed E-state index contributed by atoms with van der Waals surface area (Å²) in [6, 6.07) is -13.7. The maximum absolute atomic E-state index is 14.7. The summed E-state index contributed by atoms with van der Waals surface area (Å²) >= 11 is 0. The van der Waals surface area contributed by atoms with Crippen LogP contribution in [0, 0.1) is 0 Å². The molecule has 0 unspecified atom stereocenters. The van der Waals surface area contributed by atoms with Crippen LogP contribution in [0.1, 0.15) is 167 Å². The molecule has 37 nitrogen and oxygen atoms in total. The van der Waals surface area contributed by atoms with E-state index in [1.807, 2.05) is 0 Å². The van der Waals surface area contributed by atoms with Gasteiger partial charge in [-0.1, -0.05) is 0 Å². The van der Waals surface area contributed by atoms with Crippen molar-refractivity contribution in [3.05, 3.63) is 0 Å². The molecular formula is C58H114N24O13. The normalized spacial score (nSPS) is 14.2. The molecule has 0 aliphatic rings. The number of carboxylic acid groups (broad SMARTS) is 1. The van der Waals surface area contributed by atoms with Crippen molar-refractivity contribution < 1.29 is 62.6 Å². The minimum absolute atomic E-state index is 0.00945. The van der Waals surface area contributed by atoms with E-state index >= 15 is 0 Å². The Morgan fingerprint density at radius 3 is 0.695 bits per heavy atom. The average Bonchev–Trinajstić information content (AvgIpc) is 0.947. The SMILES string of the molecule is NCCCC[C@H](NC(=O)[C@H](CCC(N)=O)NC(=O)[C@H](CCCCN)NC(=O)[C@H](CCCCN)NC(=O)[C@H](CCCCN)NC(=O)[C@H](CCCN=C(N)N)NC(=O)[C@H](CCCN=C(N)N)NC(=O)[C@H](CCCCN)NC(=O)[C@H](CCCCN)NC(=O)[C@@H](N)CCC(N)=O)C(=O)O. The van der Waals surface area contributed by atoms with Gasteiger partial charge in [0.1, 0.15) is 54.4 Å². The highest BCUT2D eigenvalue weighted by molar-refractivity contribution is 5.98. The molecule has 0 aromatic carbocycles. The summed E-state index contributed by atoms with van der Waals surface area (Å²) in [5.41, 5.74) is 73.5. The Balaban J connectivity index is 7.41. The number of carbonyl (C=O) groups is 12. The first-order valence-corrected chi connectivity index (χ1v) is 32.8. The average molecular weight is 1360 g/mol. The lowest BCUT2D eigenvalue weighted by Gasteiger charge is -2.28. The Bertz CT molecular complexity index is 2420. The van der Waals surface area contributed by atoms with Crippen molar-refractivity contribution in [3.63, 3.8) is 0 Å². The van der Waals surface area contributed by atoms with Crippen LogP contribution in [0.25, 0.3) is 0 Å². The smallest absolute Gasteiger partial charge is 0.326 e. The number of hydrogen-bond acceptors (Lipinski definition) is 21. The largest absolute Gasteiger partial charge is 0.480 e. The summed E-state index contributed by atoms with van der Waals surface area (Å²) in [4.78, 5) is 171. The van der Waals surface area contributed by atoms with Gasteiger partial charge >= 0.3 is 5.97 Å². The zero-order valence-corrected chi connectivity index (χ0v) is 55.1. The number of nitrogens with one attached hydrogen (secondary N) is 9. The number of amides is 11. The van der Waals surface area contributed by atoms with Crippen molar-refractivity contribution >= 4 is 82.9 Å². The number of carboxylic acids is 1. The molecule has 0 heterocycles. The third-order valence-corrected chi connectivity index (χ3v) is 15.0. The van der Waals surface area contributed by atoms with Crippen LogP contribution >= 0.6 is 0 Å². The maximum Gasteiger partial charge on any atom is 0.326 e. The van der Waals surface area contributed by atoms with Crippen LogP contribution in [0.4, 0.5) is 0 Å². The van der Waals surface area contributed by atoms with E-state index in [0.717, 1.165) is 0 Å². The number of aliphatic carboxylic acids is 1. The summed E-state index contributed by atoms with van der Waals surface area (Å²) < 4.78 is 0. The molecule has 10 atom stereocenters. The number of hydrogen-bond donors (Lipinski definition) is 23. The predicted octanol–water partition coefficient (Wildman–Crippen LogP) is -7.83. The van der Waals surface area contributed by atoms with Crippen LogP contribution in [0.2, 0.25) is 0 Å². The molecule has 0 aliphatic heterocycles. The first-order valence-electron chi connectivity index (χ1n) is 32.8. The molecule has 37 heteroatoms. The van der Waals surface area contributed by atoms with Gasteiger partial charge in [0.15, 0.2) is 11.9 Å². The molecule has 36 N–H and O–H groups in total. The quantitative estimate of drug-likeness (QED) is 0.0153. The summed E-state index contributed by atoms with van der Waals surface area (Å²) in [5.74, 6) is -11.1. The second kappa shape index (κ2) is 52.2. The topological polar surface area (TPSA) is 696 Å². The van der Waals surface area contributed by atoms with Gasteiger partial charge in [0, 0.05) is 25.9 Å². The van der Waals surface area contributed by atoms with E-state index in [1.165, 1.54) is 0 Å². The van der Waals surface area contributed by atoms with Crippen LogP contribution in [0.5, 0.6) is 0 Å². The van der Waals surface area contributed by atoms with Gasteiger partial charge in [-0.3, -0.25) is 62.7 Å². The predicted molar refractivity (Wildman–Crippen MR) is 357 cm³/mol. The van der Waals surface area contributed by atoms with Crippen molar-refractivity contribution in [3.8, 4) is 0 Å². The molecule has 0 fully saturated rings. The number of primary amides is 2. The van der Waals surface area contributed by atoms with Crippen molar-refractivity contribution in [2.45, 2.75) is 227 Å². The third kappa shape index (κ3) is 40.7. The molecule has 11 amide bonds. The van der Waals surface area contributed by atoms with Crippen LogP contribution in [-0.4, -0.2) is 201 Å². The molecule has 0 saturated carbocycles. The summed E-state index contributed by atoms with van der Waals surface area (Å²) in [6.45, 7) is 1.35. The standard InChI is InChI=1S/C58H114N24O13/c59-27-7-1-15-36(74-47(85)35(65)23-25-45(66)83)48(86)75-39(18-4-10-30-62)51(89)79-42(22-14-34-73-58(70)71)54(92)80-41(21-13-33-72-57(68)69)53(91)78-38(17-3-9-29-61)50(88)76-37(16-2-8-28-60)49(87)77-40(19-5-11-31-63)52(90)81-43(24-26-46(67)84)55(93)82-44(56(94)95)20-6-12-32-64/h35-44H,1-34,59-65H2,(H2,66,83)(H2,67,84)(H,74,85)(H,75,86)(H,76,88)(H,77,87)(H,78,91)(H,79,89)(H,80,92)(H,81,90)(H,82,93)(H,94,95)(H4,68,69,72)(H4,70,71,73)/t35-,36-,37-,38-,39-,40-,41-,42-,43-,44-/m0/s1. The Labute approximate surface area is 555 Å². The molecule has 0 aromatic rings. The van der Waals surface area contributed by atoms with Gasteiger partial charge in [-0.15, -0.1) is 0 Å².